The van der Waals surface area contributed by atoms with Crippen LogP contribution in [0.25, 0.3) is 0 Å². The van der Waals surface area contributed by atoms with E-state index < -0.39 is 5.91 Å². The number of ether oxygens (including phenoxy) is 1. The van der Waals surface area contributed by atoms with Crippen LogP contribution in [-0.4, -0.2) is 30.9 Å². The highest BCUT2D eigenvalue weighted by Gasteiger charge is 2.26. The van der Waals surface area contributed by atoms with E-state index in [1.807, 2.05) is 13.8 Å². The number of rotatable bonds is 4. The van der Waals surface area contributed by atoms with Crippen molar-refractivity contribution in [2.45, 2.75) is 20.3 Å². The Bertz CT molecular complexity index is 586. The molecule has 0 aliphatic carbocycles. The lowest BCUT2D eigenvalue weighted by molar-refractivity contribution is -0.129. The monoisotopic (exact) mass is 305 g/mol. The highest BCUT2D eigenvalue weighted by atomic mass is 16.5. The topological polar surface area (TPSA) is 87.7 Å². The summed E-state index contributed by atoms with van der Waals surface area (Å²) < 4.78 is 5.30. The summed E-state index contributed by atoms with van der Waals surface area (Å²) in [5, 5.41) is 0. The van der Waals surface area contributed by atoms with Crippen LogP contribution in [0.15, 0.2) is 24.3 Å². The molecule has 1 aromatic rings. The number of nitrogens with one attached hydrogen (secondary N) is 2. The Kier molecular flexibility index (Phi) is 4.98. The van der Waals surface area contributed by atoms with E-state index in [1.54, 1.807) is 24.3 Å². The molecule has 3 amide bonds. The van der Waals surface area contributed by atoms with Crippen molar-refractivity contribution in [1.82, 2.24) is 10.9 Å². The molecule has 118 valence electrons. The molecule has 1 heterocycles. The molecule has 2 rings (SSSR count). The van der Waals surface area contributed by atoms with Gasteiger partial charge in [0.15, 0.2) is 6.61 Å². The summed E-state index contributed by atoms with van der Waals surface area (Å²) in [6.07, 6.45) is 0.319. The number of benzene rings is 1. The Labute approximate surface area is 128 Å². The third-order valence-corrected chi connectivity index (χ3v) is 3.04. The van der Waals surface area contributed by atoms with Crippen molar-refractivity contribution in [2.75, 3.05) is 18.1 Å². The van der Waals surface area contributed by atoms with Crippen LogP contribution in [0.2, 0.25) is 0 Å². The summed E-state index contributed by atoms with van der Waals surface area (Å²) in [7, 11) is 0. The number of para-hydroxylation sites is 2. The summed E-state index contributed by atoms with van der Waals surface area (Å²) in [5.74, 6) is -0.287. The van der Waals surface area contributed by atoms with Crippen molar-refractivity contribution < 1.29 is 19.1 Å². The molecule has 0 atom stereocenters. The predicted octanol–water partition coefficient (Wildman–Crippen LogP) is 0.606. The average molecular weight is 305 g/mol. The standard InChI is InChI=1S/C15H19N3O4/c1-10(2)7-13(19)16-17-14(20)8-18-11-5-3-4-6-12(11)22-9-15(18)21/h3-6,10H,7-9H2,1-2H3,(H,16,19)(H,17,20). The number of carbonyl (C=O) groups is 3. The molecule has 0 fully saturated rings. The molecular weight excluding hydrogens is 286 g/mol. The van der Waals surface area contributed by atoms with Crippen LogP contribution in [0.5, 0.6) is 5.75 Å². The van der Waals surface area contributed by atoms with Crippen molar-refractivity contribution in [3.8, 4) is 5.75 Å². The van der Waals surface area contributed by atoms with E-state index in [1.165, 1.54) is 4.90 Å². The zero-order valence-electron chi connectivity index (χ0n) is 12.6. The zero-order valence-corrected chi connectivity index (χ0v) is 12.6. The molecule has 7 heteroatoms. The fourth-order valence-electron chi connectivity index (χ4n) is 2.07. The number of amides is 3. The molecule has 7 nitrogen and oxygen atoms in total. The maximum absolute atomic E-state index is 11.9. The van der Waals surface area contributed by atoms with Crippen molar-refractivity contribution in [3.63, 3.8) is 0 Å². The lowest BCUT2D eigenvalue weighted by atomic mass is 10.1. The fraction of sp³-hybridized carbons (Fsp3) is 0.400. The van der Waals surface area contributed by atoms with E-state index in [9.17, 15) is 14.4 Å². The smallest absolute Gasteiger partial charge is 0.265 e. The Morgan fingerprint density at radius 1 is 1.23 bits per heavy atom. The molecule has 0 aromatic heterocycles. The summed E-state index contributed by atoms with van der Waals surface area (Å²) in [4.78, 5) is 36.6. The van der Waals surface area contributed by atoms with Gasteiger partial charge >= 0.3 is 0 Å². The van der Waals surface area contributed by atoms with Gasteiger partial charge in [-0.2, -0.15) is 0 Å². The first kappa shape index (κ1) is 15.8. The molecule has 1 aromatic carbocycles. The molecule has 0 unspecified atom stereocenters. The molecule has 0 saturated heterocycles. The van der Waals surface area contributed by atoms with E-state index in [2.05, 4.69) is 10.9 Å². The molecular formula is C15H19N3O4. The molecule has 2 N–H and O–H groups in total. The van der Waals surface area contributed by atoms with Gasteiger partial charge in [0.1, 0.15) is 12.3 Å². The normalized spacial score (nSPS) is 13.4. The number of anilines is 1. The van der Waals surface area contributed by atoms with Gasteiger partial charge in [0.05, 0.1) is 5.69 Å². The zero-order chi connectivity index (χ0) is 16.1. The van der Waals surface area contributed by atoms with E-state index in [0.717, 1.165) is 0 Å². The van der Waals surface area contributed by atoms with Gasteiger partial charge in [0.25, 0.3) is 11.8 Å². The second-order valence-corrected chi connectivity index (χ2v) is 5.43. The Morgan fingerprint density at radius 3 is 2.64 bits per heavy atom. The highest BCUT2D eigenvalue weighted by Crippen LogP contribution is 2.30. The third-order valence-electron chi connectivity index (χ3n) is 3.04. The minimum Gasteiger partial charge on any atom is -0.482 e. The van der Waals surface area contributed by atoms with Crippen molar-refractivity contribution >= 4 is 23.4 Å². The molecule has 0 spiro atoms. The number of hydrazine groups is 1. The van der Waals surface area contributed by atoms with Gasteiger partial charge in [-0.05, 0) is 18.1 Å². The number of hydrogen-bond donors (Lipinski definition) is 2. The Morgan fingerprint density at radius 2 is 1.91 bits per heavy atom. The summed E-state index contributed by atoms with van der Waals surface area (Å²) in [6.45, 7) is 3.53. The number of carbonyl (C=O) groups excluding carboxylic acids is 3. The molecule has 0 radical (unpaired) electrons. The van der Waals surface area contributed by atoms with E-state index in [0.29, 0.717) is 17.9 Å². The average Bonchev–Trinajstić information content (AvgIpc) is 2.47. The third kappa shape index (κ3) is 3.97. The largest absolute Gasteiger partial charge is 0.482 e. The van der Waals surface area contributed by atoms with Crippen LogP contribution in [0.3, 0.4) is 0 Å². The second-order valence-electron chi connectivity index (χ2n) is 5.43. The Hall–Kier alpha value is -2.57. The first-order chi connectivity index (χ1) is 10.5. The van der Waals surface area contributed by atoms with Gasteiger partial charge in [-0.1, -0.05) is 26.0 Å². The first-order valence-corrected chi connectivity index (χ1v) is 7.07. The van der Waals surface area contributed by atoms with Gasteiger partial charge in [-0.3, -0.25) is 30.1 Å². The first-order valence-electron chi connectivity index (χ1n) is 7.07. The van der Waals surface area contributed by atoms with Crippen LogP contribution in [0.1, 0.15) is 20.3 Å². The lowest BCUT2D eigenvalue weighted by Crippen LogP contribution is -2.49. The second kappa shape index (κ2) is 6.93. The van der Waals surface area contributed by atoms with E-state index in [-0.39, 0.29) is 30.9 Å². The molecule has 0 bridgehead atoms. The fourth-order valence-corrected chi connectivity index (χ4v) is 2.07. The number of hydrogen-bond acceptors (Lipinski definition) is 4. The van der Waals surface area contributed by atoms with Crippen molar-refractivity contribution in [1.29, 1.82) is 0 Å². The molecule has 1 aliphatic rings. The van der Waals surface area contributed by atoms with E-state index >= 15 is 0 Å². The van der Waals surface area contributed by atoms with Crippen molar-refractivity contribution in [2.24, 2.45) is 5.92 Å². The maximum Gasteiger partial charge on any atom is 0.265 e. The van der Waals surface area contributed by atoms with Crippen LogP contribution in [-0.2, 0) is 14.4 Å². The minimum atomic E-state index is -0.470. The van der Waals surface area contributed by atoms with E-state index in [4.69, 9.17) is 4.74 Å². The summed E-state index contributed by atoms with van der Waals surface area (Å²) in [5.41, 5.74) is 5.19. The number of nitrogens with zero attached hydrogens (tertiary/aromatic N) is 1. The minimum absolute atomic E-state index is 0.107. The van der Waals surface area contributed by atoms with Gasteiger partial charge in [0.2, 0.25) is 5.91 Å². The van der Waals surface area contributed by atoms with Crippen LogP contribution < -0.4 is 20.5 Å². The van der Waals surface area contributed by atoms with Gasteiger partial charge in [-0.25, -0.2) is 0 Å². The van der Waals surface area contributed by atoms with Gasteiger partial charge < -0.3 is 4.74 Å². The quantitative estimate of drug-likeness (QED) is 0.798. The number of fused-ring (bicyclic) bond motifs is 1. The molecule has 1 aliphatic heterocycles. The summed E-state index contributed by atoms with van der Waals surface area (Å²) in [6, 6.07) is 6.99. The van der Waals surface area contributed by atoms with Crippen LogP contribution >= 0.6 is 0 Å². The van der Waals surface area contributed by atoms with Crippen LogP contribution in [0, 0.1) is 5.92 Å². The molecule has 0 saturated carbocycles. The van der Waals surface area contributed by atoms with Crippen LogP contribution in [0.4, 0.5) is 5.69 Å². The Balaban J connectivity index is 1.94. The lowest BCUT2D eigenvalue weighted by Gasteiger charge is -2.28. The van der Waals surface area contributed by atoms with Crippen molar-refractivity contribution in [3.05, 3.63) is 24.3 Å². The summed E-state index contributed by atoms with van der Waals surface area (Å²) >= 11 is 0. The molecule has 22 heavy (non-hydrogen) atoms. The maximum atomic E-state index is 11.9. The highest BCUT2D eigenvalue weighted by molar-refractivity contribution is 6.02. The van der Waals surface area contributed by atoms with Gasteiger partial charge in [-0.15, -0.1) is 0 Å². The SMILES string of the molecule is CC(C)CC(=O)NNC(=O)CN1C(=O)COc2ccccc21. The van der Waals surface area contributed by atoms with Gasteiger partial charge in [0, 0.05) is 6.42 Å². The predicted molar refractivity (Wildman–Crippen MR) is 80.0 cm³/mol.